The van der Waals surface area contributed by atoms with Crippen molar-refractivity contribution >= 4 is 33.5 Å². The third-order valence-electron chi connectivity index (χ3n) is 3.74. The van der Waals surface area contributed by atoms with Gasteiger partial charge in [0, 0.05) is 23.6 Å². The molecule has 23 heavy (non-hydrogen) atoms. The Labute approximate surface area is 143 Å². The molecule has 0 aliphatic carbocycles. The van der Waals surface area contributed by atoms with Gasteiger partial charge in [0.1, 0.15) is 23.7 Å². The molecule has 6 nitrogen and oxygen atoms in total. The zero-order valence-corrected chi connectivity index (χ0v) is 14.3. The number of benzene rings is 1. The highest BCUT2D eigenvalue weighted by Gasteiger charge is 2.16. The van der Waals surface area contributed by atoms with Gasteiger partial charge < -0.3 is 15.0 Å². The predicted octanol–water partition coefficient (Wildman–Crippen LogP) is 3.10. The Kier molecular flexibility index (Phi) is 4.76. The first-order chi connectivity index (χ1) is 11.2. The van der Waals surface area contributed by atoms with Crippen molar-refractivity contribution in [1.82, 2.24) is 9.97 Å². The molecule has 1 aliphatic heterocycles. The van der Waals surface area contributed by atoms with Crippen molar-refractivity contribution in [2.75, 3.05) is 30.4 Å². The van der Waals surface area contributed by atoms with Crippen LogP contribution in [0.3, 0.4) is 0 Å². The molecule has 1 aromatic carbocycles. The Morgan fingerprint density at radius 2 is 2.04 bits per heavy atom. The summed E-state index contributed by atoms with van der Waals surface area (Å²) in [6, 6.07) is 7.06. The third kappa shape index (κ3) is 3.61. The van der Waals surface area contributed by atoms with Gasteiger partial charge in [0.2, 0.25) is 0 Å². The Hall–Kier alpha value is -2.15. The molecule has 1 N–H and O–H groups in total. The molecule has 0 bridgehead atoms. The SMILES string of the molecule is COc1ccc(Br)c(C(=O)Nc2cc(N3CCCC3)ncn2)c1. The van der Waals surface area contributed by atoms with Gasteiger partial charge in [-0.05, 0) is 47.0 Å². The molecule has 1 aliphatic rings. The van der Waals surface area contributed by atoms with Crippen LogP contribution in [0.25, 0.3) is 0 Å². The number of hydrogen-bond donors (Lipinski definition) is 1. The van der Waals surface area contributed by atoms with Crippen LogP contribution >= 0.6 is 15.9 Å². The number of rotatable bonds is 4. The zero-order valence-electron chi connectivity index (χ0n) is 12.8. The largest absolute Gasteiger partial charge is 0.497 e. The Balaban J connectivity index is 1.79. The maximum atomic E-state index is 12.5. The van der Waals surface area contributed by atoms with E-state index in [4.69, 9.17) is 4.74 Å². The topological polar surface area (TPSA) is 67.3 Å². The lowest BCUT2D eigenvalue weighted by Gasteiger charge is -2.16. The molecule has 0 spiro atoms. The van der Waals surface area contributed by atoms with Crippen LogP contribution < -0.4 is 15.0 Å². The van der Waals surface area contributed by atoms with E-state index in [1.807, 2.05) is 0 Å². The van der Waals surface area contributed by atoms with Gasteiger partial charge in [-0.25, -0.2) is 9.97 Å². The maximum Gasteiger partial charge on any atom is 0.258 e. The van der Waals surface area contributed by atoms with Crippen molar-refractivity contribution in [3.63, 3.8) is 0 Å². The fraction of sp³-hybridized carbons (Fsp3) is 0.312. The van der Waals surface area contributed by atoms with E-state index in [0.717, 1.165) is 18.9 Å². The zero-order chi connectivity index (χ0) is 16.2. The standard InChI is InChI=1S/C16H17BrN4O2/c1-23-11-4-5-13(17)12(8-11)16(22)20-14-9-15(19-10-18-14)21-6-2-3-7-21/h4-5,8-10H,2-3,6-7H2,1H3,(H,18,19,20,22). The fourth-order valence-electron chi connectivity index (χ4n) is 2.52. The molecule has 1 saturated heterocycles. The van der Waals surface area contributed by atoms with Crippen molar-refractivity contribution in [3.05, 3.63) is 40.6 Å². The molecule has 0 radical (unpaired) electrons. The van der Waals surface area contributed by atoms with E-state index in [0.29, 0.717) is 21.6 Å². The van der Waals surface area contributed by atoms with Crippen LogP contribution in [0.1, 0.15) is 23.2 Å². The summed E-state index contributed by atoms with van der Waals surface area (Å²) in [6.07, 6.45) is 3.81. The van der Waals surface area contributed by atoms with E-state index in [-0.39, 0.29) is 5.91 Å². The minimum atomic E-state index is -0.248. The Morgan fingerprint density at radius 1 is 1.26 bits per heavy atom. The quantitative estimate of drug-likeness (QED) is 0.887. The number of anilines is 2. The molecule has 7 heteroatoms. The van der Waals surface area contributed by atoms with Crippen LogP contribution in [0.15, 0.2) is 35.1 Å². The highest BCUT2D eigenvalue weighted by atomic mass is 79.9. The second-order valence-electron chi connectivity index (χ2n) is 5.26. The fourth-order valence-corrected chi connectivity index (χ4v) is 2.95. The maximum absolute atomic E-state index is 12.5. The van der Waals surface area contributed by atoms with Gasteiger partial charge >= 0.3 is 0 Å². The molecule has 1 aromatic heterocycles. The van der Waals surface area contributed by atoms with Crippen LogP contribution in [0.5, 0.6) is 5.75 Å². The summed E-state index contributed by atoms with van der Waals surface area (Å²) >= 11 is 3.38. The van der Waals surface area contributed by atoms with Crippen molar-refractivity contribution in [2.24, 2.45) is 0 Å². The molecule has 1 amide bonds. The molecule has 0 saturated carbocycles. The molecule has 0 unspecified atom stereocenters. The number of halogens is 1. The number of carbonyl (C=O) groups is 1. The Morgan fingerprint density at radius 3 is 2.78 bits per heavy atom. The van der Waals surface area contributed by atoms with Crippen molar-refractivity contribution in [3.8, 4) is 5.75 Å². The van der Waals surface area contributed by atoms with Crippen LogP contribution in [-0.4, -0.2) is 36.1 Å². The van der Waals surface area contributed by atoms with Gasteiger partial charge in [0.05, 0.1) is 12.7 Å². The number of nitrogens with one attached hydrogen (secondary N) is 1. The van der Waals surface area contributed by atoms with Gasteiger partial charge in [-0.2, -0.15) is 0 Å². The summed E-state index contributed by atoms with van der Waals surface area (Å²) < 4.78 is 5.86. The van der Waals surface area contributed by atoms with Gasteiger partial charge in [-0.3, -0.25) is 4.79 Å². The second kappa shape index (κ2) is 6.95. The van der Waals surface area contributed by atoms with Crippen LogP contribution in [0, 0.1) is 0 Å². The van der Waals surface area contributed by atoms with E-state index in [1.54, 1.807) is 31.4 Å². The van der Waals surface area contributed by atoms with Crippen molar-refractivity contribution < 1.29 is 9.53 Å². The second-order valence-corrected chi connectivity index (χ2v) is 6.11. The molecule has 2 heterocycles. The van der Waals surface area contributed by atoms with Gasteiger partial charge in [0.25, 0.3) is 5.91 Å². The highest BCUT2D eigenvalue weighted by molar-refractivity contribution is 9.10. The number of aromatic nitrogens is 2. The molecule has 0 atom stereocenters. The summed E-state index contributed by atoms with van der Waals surface area (Å²) in [4.78, 5) is 23.1. The number of carbonyl (C=O) groups excluding carboxylic acids is 1. The van der Waals surface area contributed by atoms with E-state index in [1.165, 1.54) is 19.2 Å². The van der Waals surface area contributed by atoms with Crippen molar-refractivity contribution in [2.45, 2.75) is 12.8 Å². The normalized spacial score (nSPS) is 13.9. The third-order valence-corrected chi connectivity index (χ3v) is 4.43. The smallest absolute Gasteiger partial charge is 0.258 e. The summed E-state index contributed by atoms with van der Waals surface area (Å²) in [5, 5.41) is 2.81. The number of ether oxygens (including phenoxy) is 1. The molecule has 120 valence electrons. The van der Waals surface area contributed by atoms with Crippen molar-refractivity contribution in [1.29, 1.82) is 0 Å². The minimum absolute atomic E-state index is 0.248. The summed E-state index contributed by atoms with van der Waals surface area (Å²) in [6.45, 7) is 1.98. The van der Waals surface area contributed by atoms with Crippen LogP contribution in [-0.2, 0) is 0 Å². The number of amides is 1. The molecule has 3 rings (SSSR count). The number of nitrogens with zero attached hydrogens (tertiary/aromatic N) is 3. The number of methoxy groups -OCH3 is 1. The summed E-state index contributed by atoms with van der Waals surface area (Å²) in [7, 11) is 1.57. The first-order valence-corrected chi connectivity index (χ1v) is 8.18. The van der Waals surface area contributed by atoms with Gasteiger partial charge in [0.15, 0.2) is 0 Å². The lowest BCUT2D eigenvalue weighted by Crippen LogP contribution is -2.20. The molecular formula is C16H17BrN4O2. The minimum Gasteiger partial charge on any atom is -0.497 e. The monoisotopic (exact) mass is 376 g/mol. The van der Waals surface area contributed by atoms with Gasteiger partial charge in [-0.1, -0.05) is 0 Å². The molecular weight excluding hydrogens is 360 g/mol. The predicted molar refractivity (Wildman–Crippen MR) is 92.1 cm³/mol. The highest BCUT2D eigenvalue weighted by Crippen LogP contribution is 2.24. The first-order valence-electron chi connectivity index (χ1n) is 7.39. The molecule has 2 aromatic rings. The van der Waals surface area contributed by atoms with E-state index in [2.05, 4.69) is 36.1 Å². The van der Waals surface area contributed by atoms with E-state index in [9.17, 15) is 4.79 Å². The Bertz CT molecular complexity index is 717. The average Bonchev–Trinajstić information content (AvgIpc) is 3.10. The molecule has 1 fully saturated rings. The van der Waals surface area contributed by atoms with E-state index >= 15 is 0 Å². The summed E-state index contributed by atoms with van der Waals surface area (Å²) in [5.74, 6) is 1.71. The first kappa shape index (κ1) is 15.7. The van der Waals surface area contributed by atoms with Crippen LogP contribution in [0.2, 0.25) is 0 Å². The summed E-state index contributed by atoms with van der Waals surface area (Å²) in [5.41, 5.74) is 0.491. The number of hydrogen-bond acceptors (Lipinski definition) is 5. The van der Waals surface area contributed by atoms with Crippen LogP contribution in [0.4, 0.5) is 11.6 Å². The average molecular weight is 377 g/mol. The lowest BCUT2D eigenvalue weighted by atomic mass is 10.2. The lowest BCUT2D eigenvalue weighted by molar-refractivity contribution is 0.102. The van der Waals surface area contributed by atoms with E-state index < -0.39 is 0 Å². The van der Waals surface area contributed by atoms with Gasteiger partial charge in [-0.15, -0.1) is 0 Å².